The van der Waals surface area contributed by atoms with E-state index in [0.717, 1.165) is 31.3 Å². The Hall–Kier alpha value is -0.340. The van der Waals surface area contributed by atoms with E-state index in [0.29, 0.717) is 0 Å². The Morgan fingerprint density at radius 1 is 1.31 bits per heavy atom. The summed E-state index contributed by atoms with van der Waals surface area (Å²) >= 11 is 0. The fraction of sp³-hybridized carbons (Fsp3) is 0.857. The van der Waals surface area contributed by atoms with Crippen LogP contribution in [0.5, 0.6) is 0 Å². The van der Waals surface area contributed by atoms with Gasteiger partial charge in [-0.3, -0.25) is 0 Å². The summed E-state index contributed by atoms with van der Waals surface area (Å²) in [6.45, 7) is 5.61. The quantitative estimate of drug-likeness (QED) is 0.535. The number of nitrogens with two attached hydrogens (primary N) is 1. The zero-order valence-electron chi connectivity index (χ0n) is 10.4. The van der Waals surface area contributed by atoms with Crippen LogP contribution in [0.1, 0.15) is 44.9 Å². The Bertz CT molecular complexity index is 235. The van der Waals surface area contributed by atoms with Crippen LogP contribution in [0.4, 0.5) is 0 Å². The molecule has 2 unspecified atom stereocenters. The minimum absolute atomic E-state index is 0.245. The molecule has 0 aromatic heterocycles. The Kier molecular flexibility index (Phi) is 4.04. The first kappa shape index (κ1) is 12.1. The van der Waals surface area contributed by atoms with Crippen LogP contribution in [0.15, 0.2) is 12.7 Å². The minimum atomic E-state index is 0.245. The van der Waals surface area contributed by atoms with Gasteiger partial charge < -0.3 is 11.1 Å². The maximum atomic E-state index is 6.01. The molecule has 0 bridgehead atoms. The molecule has 2 atom stereocenters. The second-order valence-electron chi connectivity index (χ2n) is 5.68. The number of nitrogens with one attached hydrogen (secondary N) is 1. The molecule has 3 N–H and O–H groups in total. The van der Waals surface area contributed by atoms with Crippen molar-refractivity contribution in [3.05, 3.63) is 12.7 Å². The smallest absolute Gasteiger partial charge is 0.0306 e. The van der Waals surface area contributed by atoms with E-state index < -0.39 is 0 Å². The Labute approximate surface area is 99.7 Å². The molecule has 16 heavy (non-hydrogen) atoms. The largest absolute Gasteiger partial charge is 0.329 e. The van der Waals surface area contributed by atoms with E-state index in [1.807, 2.05) is 6.08 Å². The molecular formula is C14H26N2. The first-order chi connectivity index (χ1) is 7.79. The van der Waals surface area contributed by atoms with Gasteiger partial charge in [-0.25, -0.2) is 0 Å². The van der Waals surface area contributed by atoms with Crippen molar-refractivity contribution in [2.24, 2.45) is 17.6 Å². The van der Waals surface area contributed by atoms with Gasteiger partial charge >= 0.3 is 0 Å². The number of hydrogen-bond donors (Lipinski definition) is 2. The lowest BCUT2D eigenvalue weighted by Gasteiger charge is -2.41. The summed E-state index contributed by atoms with van der Waals surface area (Å²) in [5, 5.41) is 3.70. The van der Waals surface area contributed by atoms with Crippen molar-refractivity contribution in [1.82, 2.24) is 5.32 Å². The molecule has 2 nitrogen and oxygen atoms in total. The topological polar surface area (TPSA) is 38.0 Å². The van der Waals surface area contributed by atoms with E-state index in [-0.39, 0.29) is 5.54 Å². The standard InChI is InChI=1S/C14H26N2/c1-2-3-9-16-14(11-15)8-4-5-13(10-14)12-6-7-12/h2,12-13,16H,1,3-11,15H2. The SMILES string of the molecule is C=CCCNC1(CN)CCCC(C2CC2)C1. The van der Waals surface area contributed by atoms with Crippen LogP contribution in [0.3, 0.4) is 0 Å². The van der Waals surface area contributed by atoms with Crippen LogP contribution in [0, 0.1) is 11.8 Å². The molecule has 0 radical (unpaired) electrons. The van der Waals surface area contributed by atoms with Crippen molar-refractivity contribution in [3.8, 4) is 0 Å². The predicted octanol–water partition coefficient (Wildman–Crippen LogP) is 2.45. The highest BCUT2D eigenvalue weighted by Gasteiger charge is 2.40. The average molecular weight is 222 g/mol. The lowest BCUT2D eigenvalue weighted by Crippen LogP contribution is -2.54. The fourth-order valence-electron chi connectivity index (χ4n) is 3.24. The van der Waals surface area contributed by atoms with Gasteiger partial charge in [-0.2, -0.15) is 0 Å². The summed E-state index contributed by atoms with van der Waals surface area (Å²) in [6, 6.07) is 0. The molecule has 0 spiro atoms. The molecular weight excluding hydrogens is 196 g/mol. The Morgan fingerprint density at radius 3 is 2.75 bits per heavy atom. The van der Waals surface area contributed by atoms with E-state index in [2.05, 4.69) is 11.9 Å². The minimum Gasteiger partial charge on any atom is -0.329 e. The number of hydrogen-bond acceptors (Lipinski definition) is 2. The highest BCUT2D eigenvalue weighted by atomic mass is 15.0. The summed E-state index contributed by atoms with van der Waals surface area (Å²) < 4.78 is 0. The highest BCUT2D eigenvalue weighted by Crippen LogP contribution is 2.46. The van der Waals surface area contributed by atoms with Crippen LogP contribution in [-0.2, 0) is 0 Å². The van der Waals surface area contributed by atoms with Crippen molar-refractivity contribution in [2.75, 3.05) is 13.1 Å². The molecule has 2 aliphatic rings. The molecule has 2 saturated carbocycles. The van der Waals surface area contributed by atoms with E-state index in [4.69, 9.17) is 5.73 Å². The van der Waals surface area contributed by atoms with Crippen molar-refractivity contribution in [3.63, 3.8) is 0 Å². The van der Waals surface area contributed by atoms with Gasteiger partial charge in [0, 0.05) is 12.1 Å². The van der Waals surface area contributed by atoms with E-state index in [1.165, 1.54) is 38.5 Å². The van der Waals surface area contributed by atoms with Crippen LogP contribution >= 0.6 is 0 Å². The zero-order valence-corrected chi connectivity index (χ0v) is 10.4. The van der Waals surface area contributed by atoms with E-state index in [9.17, 15) is 0 Å². The van der Waals surface area contributed by atoms with E-state index in [1.54, 1.807) is 0 Å². The second kappa shape index (κ2) is 5.33. The molecule has 2 fully saturated rings. The van der Waals surface area contributed by atoms with E-state index >= 15 is 0 Å². The summed E-state index contributed by atoms with van der Waals surface area (Å²) in [5.41, 5.74) is 6.26. The maximum Gasteiger partial charge on any atom is 0.0306 e. The normalized spacial score (nSPS) is 34.9. The monoisotopic (exact) mass is 222 g/mol. The van der Waals surface area contributed by atoms with Gasteiger partial charge in [0.15, 0.2) is 0 Å². The lowest BCUT2D eigenvalue weighted by atomic mass is 9.73. The van der Waals surface area contributed by atoms with Crippen molar-refractivity contribution >= 4 is 0 Å². The van der Waals surface area contributed by atoms with Gasteiger partial charge in [0.2, 0.25) is 0 Å². The number of rotatable bonds is 6. The van der Waals surface area contributed by atoms with Crippen LogP contribution in [0.2, 0.25) is 0 Å². The Balaban J connectivity index is 1.87. The summed E-state index contributed by atoms with van der Waals surface area (Å²) in [6.07, 6.45) is 11.4. The highest BCUT2D eigenvalue weighted by molar-refractivity contribution is 4.98. The summed E-state index contributed by atoms with van der Waals surface area (Å²) in [4.78, 5) is 0. The first-order valence-electron chi connectivity index (χ1n) is 6.86. The maximum absolute atomic E-state index is 6.01. The van der Waals surface area contributed by atoms with Gasteiger partial charge in [0.05, 0.1) is 0 Å². The van der Waals surface area contributed by atoms with Crippen LogP contribution < -0.4 is 11.1 Å². The molecule has 0 saturated heterocycles. The van der Waals surface area contributed by atoms with Crippen molar-refractivity contribution in [1.29, 1.82) is 0 Å². The average Bonchev–Trinajstić information content (AvgIpc) is 3.14. The fourth-order valence-corrected chi connectivity index (χ4v) is 3.24. The summed E-state index contributed by atoms with van der Waals surface area (Å²) in [7, 11) is 0. The molecule has 0 aliphatic heterocycles. The third-order valence-electron chi connectivity index (χ3n) is 4.41. The van der Waals surface area contributed by atoms with Crippen molar-refractivity contribution < 1.29 is 0 Å². The molecule has 2 heteroatoms. The predicted molar refractivity (Wildman–Crippen MR) is 69.3 cm³/mol. The molecule has 0 amide bonds. The summed E-state index contributed by atoms with van der Waals surface area (Å²) in [5.74, 6) is 1.99. The molecule has 0 aromatic carbocycles. The van der Waals surface area contributed by atoms with Crippen molar-refractivity contribution in [2.45, 2.75) is 50.5 Å². The van der Waals surface area contributed by atoms with Gasteiger partial charge in [0.1, 0.15) is 0 Å². The third kappa shape index (κ3) is 2.86. The lowest BCUT2D eigenvalue weighted by molar-refractivity contribution is 0.171. The van der Waals surface area contributed by atoms with Gasteiger partial charge in [-0.05, 0) is 50.5 Å². The molecule has 2 aliphatic carbocycles. The molecule has 2 rings (SSSR count). The van der Waals surface area contributed by atoms with Crippen LogP contribution in [-0.4, -0.2) is 18.6 Å². The van der Waals surface area contributed by atoms with Crippen LogP contribution in [0.25, 0.3) is 0 Å². The van der Waals surface area contributed by atoms with Gasteiger partial charge in [-0.1, -0.05) is 18.9 Å². The van der Waals surface area contributed by atoms with Gasteiger partial charge in [-0.15, -0.1) is 6.58 Å². The first-order valence-corrected chi connectivity index (χ1v) is 6.86. The van der Waals surface area contributed by atoms with Gasteiger partial charge in [0.25, 0.3) is 0 Å². The molecule has 0 heterocycles. The second-order valence-corrected chi connectivity index (χ2v) is 5.68. The molecule has 92 valence electrons. The molecule has 0 aromatic rings. The zero-order chi connectivity index (χ0) is 11.4. The third-order valence-corrected chi connectivity index (χ3v) is 4.41. The Morgan fingerprint density at radius 2 is 2.12 bits per heavy atom.